The van der Waals surface area contributed by atoms with Crippen molar-refractivity contribution < 1.29 is 9.59 Å². The Kier molecular flexibility index (Phi) is 6.28. The van der Waals surface area contributed by atoms with Crippen LogP contribution in [-0.4, -0.2) is 29.7 Å². The highest BCUT2D eigenvalue weighted by Crippen LogP contribution is 2.21. The van der Waals surface area contributed by atoms with E-state index in [0.29, 0.717) is 12.0 Å². The normalized spacial score (nSPS) is 11.7. The molecule has 3 nitrogen and oxygen atoms in total. The Hall–Kier alpha value is -3.20. The first-order valence-electron chi connectivity index (χ1n) is 9.85. The molecule has 3 heteroatoms. The van der Waals surface area contributed by atoms with Crippen molar-refractivity contribution >= 4 is 11.7 Å². The van der Waals surface area contributed by atoms with E-state index in [1.165, 1.54) is 0 Å². The first-order valence-corrected chi connectivity index (χ1v) is 9.85. The zero-order valence-corrected chi connectivity index (χ0v) is 17.5. The van der Waals surface area contributed by atoms with E-state index in [2.05, 4.69) is 24.3 Å². The van der Waals surface area contributed by atoms with E-state index >= 15 is 0 Å². The van der Waals surface area contributed by atoms with Crippen LogP contribution in [0.4, 0.5) is 0 Å². The fraction of sp³-hybridized carbons (Fsp3) is 0.231. The highest BCUT2D eigenvalue weighted by Gasteiger charge is 2.25. The minimum Gasteiger partial charge on any atom is -0.331 e. The number of nitrogens with zero attached hydrogens (tertiary/aromatic N) is 1. The number of amides is 1. The molecule has 1 atom stereocenters. The second-order valence-corrected chi connectivity index (χ2v) is 7.69. The predicted octanol–water partition coefficient (Wildman–Crippen LogP) is 5.24. The molecule has 148 valence electrons. The van der Waals surface area contributed by atoms with Crippen LogP contribution < -0.4 is 0 Å². The summed E-state index contributed by atoms with van der Waals surface area (Å²) in [6.07, 6.45) is 0.497. The highest BCUT2D eigenvalue weighted by atomic mass is 16.2. The lowest BCUT2D eigenvalue weighted by atomic mass is 9.98. The molecule has 0 saturated carbocycles. The number of hydrogen-bond donors (Lipinski definition) is 0. The van der Waals surface area contributed by atoms with E-state index in [1.807, 2.05) is 62.4 Å². The van der Waals surface area contributed by atoms with E-state index in [4.69, 9.17) is 0 Å². The number of carbonyl (C=O) groups excluding carboxylic acids is 2. The standard InChI is InChI=1S/C26H27NO2/c1-18-14-19(2)16-24(15-18)26(29)27(4)25(20(3)28)17-21-10-12-23(13-11-21)22-8-6-5-7-9-22/h5-16,25H,17H2,1-4H3. The summed E-state index contributed by atoms with van der Waals surface area (Å²) in [5.74, 6) is -0.143. The number of likely N-dealkylation sites (N-methyl/N-ethyl adjacent to an activating group) is 1. The molecule has 1 amide bonds. The summed E-state index contributed by atoms with van der Waals surface area (Å²) in [5.41, 5.74) is 6.02. The molecular weight excluding hydrogens is 358 g/mol. The van der Waals surface area contributed by atoms with Crippen LogP contribution in [-0.2, 0) is 11.2 Å². The molecule has 29 heavy (non-hydrogen) atoms. The van der Waals surface area contributed by atoms with Crippen molar-refractivity contribution in [3.05, 3.63) is 95.1 Å². The molecule has 3 aromatic rings. The highest BCUT2D eigenvalue weighted by molar-refractivity contribution is 5.97. The Bertz CT molecular complexity index is 986. The van der Waals surface area contributed by atoms with Crippen molar-refractivity contribution in [1.82, 2.24) is 4.90 Å². The summed E-state index contributed by atoms with van der Waals surface area (Å²) >= 11 is 0. The van der Waals surface area contributed by atoms with Crippen LogP contribution in [0, 0.1) is 13.8 Å². The molecule has 0 N–H and O–H groups in total. The average Bonchev–Trinajstić information content (AvgIpc) is 2.71. The van der Waals surface area contributed by atoms with E-state index in [1.54, 1.807) is 18.9 Å². The number of carbonyl (C=O) groups is 2. The molecule has 0 heterocycles. The van der Waals surface area contributed by atoms with E-state index in [-0.39, 0.29) is 11.7 Å². The quantitative estimate of drug-likeness (QED) is 0.582. The van der Waals surface area contributed by atoms with E-state index < -0.39 is 6.04 Å². The lowest BCUT2D eigenvalue weighted by Crippen LogP contribution is -2.43. The molecule has 0 aliphatic carbocycles. The summed E-state index contributed by atoms with van der Waals surface area (Å²) in [4.78, 5) is 26.9. The molecule has 0 bridgehead atoms. The third-order valence-electron chi connectivity index (χ3n) is 5.22. The largest absolute Gasteiger partial charge is 0.331 e. The molecule has 0 aliphatic heterocycles. The van der Waals surface area contributed by atoms with Gasteiger partial charge in [-0.05, 0) is 56.0 Å². The van der Waals surface area contributed by atoms with Crippen molar-refractivity contribution in [1.29, 1.82) is 0 Å². The Morgan fingerprint density at radius 3 is 1.93 bits per heavy atom. The first kappa shape index (κ1) is 20.5. The summed E-state index contributed by atoms with van der Waals surface area (Å²) in [6, 6.07) is 23.7. The molecule has 1 unspecified atom stereocenters. The maximum Gasteiger partial charge on any atom is 0.254 e. The van der Waals surface area contributed by atoms with Crippen LogP contribution in [0.25, 0.3) is 11.1 Å². The first-order chi connectivity index (χ1) is 13.8. The Labute approximate surface area is 173 Å². The van der Waals surface area contributed by atoms with Gasteiger partial charge in [0.2, 0.25) is 0 Å². The number of rotatable bonds is 6. The summed E-state index contributed by atoms with van der Waals surface area (Å²) < 4.78 is 0. The van der Waals surface area contributed by atoms with Crippen molar-refractivity contribution in [2.24, 2.45) is 0 Å². The molecule has 0 fully saturated rings. The molecule has 0 saturated heterocycles. The van der Waals surface area contributed by atoms with Crippen LogP contribution in [0.15, 0.2) is 72.8 Å². The van der Waals surface area contributed by atoms with E-state index in [0.717, 1.165) is 27.8 Å². The lowest BCUT2D eigenvalue weighted by molar-refractivity contribution is -0.121. The van der Waals surface area contributed by atoms with Crippen molar-refractivity contribution in [2.45, 2.75) is 33.2 Å². The third kappa shape index (κ3) is 5.00. The SMILES string of the molecule is CC(=O)C(Cc1ccc(-c2ccccc2)cc1)N(C)C(=O)c1cc(C)cc(C)c1. The van der Waals surface area contributed by atoms with Gasteiger partial charge in [-0.25, -0.2) is 0 Å². The van der Waals surface area contributed by atoms with Crippen molar-refractivity contribution in [3.63, 3.8) is 0 Å². The fourth-order valence-electron chi connectivity index (χ4n) is 3.68. The molecule has 0 radical (unpaired) electrons. The number of benzene rings is 3. The van der Waals surface area contributed by atoms with Gasteiger partial charge in [0, 0.05) is 12.6 Å². The van der Waals surface area contributed by atoms with Gasteiger partial charge >= 0.3 is 0 Å². The van der Waals surface area contributed by atoms with Crippen molar-refractivity contribution in [3.8, 4) is 11.1 Å². The summed E-state index contributed by atoms with van der Waals surface area (Å²) in [7, 11) is 1.71. The number of Topliss-reactive ketones (excluding diaryl/α,β-unsaturated/α-hetero) is 1. The smallest absolute Gasteiger partial charge is 0.254 e. The lowest BCUT2D eigenvalue weighted by Gasteiger charge is -2.27. The minimum absolute atomic E-state index is 0.0163. The van der Waals surface area contributed by atoms with Gasteiger partial charge in [-0.2, -0.15) is 0 Å². The van der Waals surface area contributed by atoms with Gasteiger partial charge in [0.15, 0.2) is 5.78 Å². The minimum atomic E-state index is -0.495. The van der Waals surface area contributed by atoms with E-state index in [9.17, 15) is 9.59 Å². The fourth-order valence-corrected chi connectivity index (χ4v) is 3.68. The Morgan fingerprint density at radius 1 is 0.828 bits per heavy atom. The van der Waals surface area contributed by atoms with Crippen LogP contribution >= 0.6 is 0 Å². The van der Waals surface area contributed by atoms with Gasteiger partial charge in [0.05, 0.1) is 6.04 Å². The molecule has 0 spiro atoms. The van der Waals surface area contributed by atoms with Gasteiger partial charge in [-0.3, -0.25) is 9.59 Å². The molecular formula is C26H27NO2. The van der Waals surface area contributed by atoms with Gasteiger partial charge in [0.25, 0.3) is 5.91 Å². The monoisotopic (exact) mass is 385 g/mol. The molecule has 0 aromatic heterocycles. The maximum atomic E-state index is 13.0. The molecule has 3 aromatic carbocycles. The van der Waals surface area contributed by atoms with Crippen LogP contribution in [0.2, 0.25) is 0 Å². The van der Waals surface area contributed by atoms with Crippen molar-refractivity contribution in [2.75, 3.05) is 7.05 Å². The summed E-state index contributed by atoms with van der Waals surface area (Å²) in [5, 5.41) is 0. The third-order valence-corrected chi connectivity index (χ3v) is 5.22. The van der Waals surface area contributed by atoms with Gasteiger partial charge in [-0.15, -0.1) is 0 Å². The van der Waals surface area contributed by atoms with Crippen LogP contribution in [0.3, 0.4) is 0 Å². The second-order valence-electron chi connectivity index (χ2n) is 7.69. The van der Waals surface area contributed by atoms with Crippen LogP contribution in [0.5, 0.6) is 0 Å². The van der Waals surface area contributed by atoms with Gasteiger partial charge in [0.1, 0.15) is 0 Å². The number of aryl methyl sites for hydroxylation is 2. The average molecular weight is 386 g/mol. The topological polar surface area (TPSA) is 37.4 Å². The van der Waals surface area contributed by atoms with Crippen LogP contribution in [0.1, 0.15) is 34.0 Å². The molecule has 0 aliphatic rings. The Morgan fingerprint density at radius 2 is 1.38 bits per heavy atom. The van der Waals surface area contributed by atoms with Gasteiger partial charge in [-0.1, -0.05) is 71.8 Å². The Balaban J connectivity index is 1.79. The predicted molar refractivity (Wildman–Crippen MR) is 118 cm³/mol. The maximum absolute atomic E-state index is 13.0. The number of ketones is 1. The summed E-state index contributed by atoms with van der Waals surface area (Å²) in [6.45, 7) is 5.50. The number of hydrogen-bond acceptors (Lipinski definition) is 2. The zero-order chi connectivity index (χ0) is 21.0. The second kappa shape index (κ2) is 8.87. The zero-order valence-electron chi connectivity index (χ0n) is 17.5. The van der Waals surface area contributed by atoms with Gasteiger partial charge < -0.3 is 4.90 Å². The molecule has 3 rings (SSSR count).